The molecular formula is C27H32O2S. The zero-order chi connectivity index (χ0) is 22.1. The Labute approximate surface area is 184 Å². The number of hydrogen-bond acceptors (Lipinski definition) is 2. The van der Waals surface area contributed by atoms with Gasteiger partial charge in [0.2, 0.25) is 0 Å². The molecule has 0 aliphatic rings. The van der Waals surface area contributed by atoms with E-state index in [-0.39, 0.29) is 10.8 Å². The monoisotopic (exact) mass is 420 g/mol. The molecule has 1 atom stereocenters. The lowest BCUT2D eigenvalue weighted by Crippen LogP contribution is -2.19. The summed E-state index contributed by atoms with van der Waals surface area (Å²) in [7, 11) is 0. The first-order valence-corrected chi connectivity index (χ1v) is 11.7. The van der Waals surface area contributed by atoms with Crippen molar-refractivity contribution in [2.45, 2.75) is 63.0 Å². The van der Waals surface area contributed by atoms with Gasteiger partial charge < -0.3 is 9.66 Å². The molecule has 0 saturated carbocycles. The Morgan fingerprint density at radius 2 is 1.20 bits per heavy atom. The van der Waals surface area contributed by atoms with Gasteiger partial charge in [-0.2, -0.15) is 0 Å². The number of hydrogen-bond donors (Lipinski definition) is 1. The third-order valence-corrected chi connectivity index (χ3v) is 6.68. The fourth-order valence-corrected chi connectivity index (χ4v) is 4.70. The van der Waals surface area contributed by atoms with Gasteiger partial charge in [0.15, 0.2) is 4.90 Å². The van der Waals surface area contributed by atoms with Crippen LogP contribution in [0.25, 0.3) is 11.1 Å². The maximum Gasteiger partial charge on any atom is 0.153 e. The Hall–Kier alpha value is -2.23. The molecule has 0 aliphatic carbocycles. The average molecular weight is 421 g/mol. The normalized spacial score (nSPS) is 13.3. The van der Waals surface area contributed by atoms with Crippen LogP contribution in [0.2, 0.25) is 0 Å². The minimum atomic E-state index is -1.20. The van der Waals surface area contributed by atoms with Crippen LogP contribution in [0, 0.1) is 0 Å². The molecule has 1 N–H and O–H groups in total. The summed E-state index contributed by atoms with van der Waals surface area (Å²) in [5.41, 5.74) is 4.59. The molecule has 0 aliphatic heterocycles. The van der Waals surface area contributed by atoms with E-state index in [1.54, 1.807) is 0 Å². The zero-order valence-corrected chi connectivity index (χ0v) is 19.6. The Bertz CT molecular complexity index is 959. The standard InChI is InChI=1S/C27H32O2S/c1-26(2,3)23-16-22(17-24(25(23)28)27(4,5)6)30(29)18-19-12-14-21(15-13-19)20-10-8-7-9-11-20/h7-17,28H,18H2,1-6H3. The van der Waals surface area contributed by atoms with Gasteiger partial charge in [-0.3, -0.25) is 0 Å². The molecule has 2 nitrogen and oxygen atoms in total. The topological polar surface area (TPSA) is 43.3 Å². The highest BCUT2D eigenvalue weighted by Crippen LogP contribution is 2.41. The van der Waals surface area contributed by atoms with Crippen molar-refractivity contribution in [1.82, 2.24) is 0 Å². The van der Waals surface area contributed by atoms with Gasteiger partial charge in [-0.25, -0.2) is 0 Å². The molecule has 0 aromatic heterocycles. The molecule has 0 bridgehead atoms. The van der Waals surface area contributed by atoms with Crippen molar-refractivity contribution in [1.29, 1.82) is 0 Å². The lowest BCUT2D eigenvalue weighted by atomic mass is 9.79. The number of phenolic OH excluding ortho intramolecular Hbond substituents is 1. The van der Waals surface area contributed by atoms with E-state index in [1.807, 2.05) is 30.3 Å². The van der Waals surface area contributed by atoms with Gasteiger partial charge in [0, 0.05) is 28.8 Å². The van der Waals surface area contributed by atoms with Crippen LogP contribution in [0.1, 0.15) is 58.2 Å². The van der Waals surface area contributed by atoms with Crippen molar-refractivity contribution >= 4 is 11.2 Å². The lowest BCUT2D eigenvalue weighted by molar-refractivity contribution is 0.421. The fraction of sp³-hybridized carbons (Fsp3) is 0.333. The smallest absolute Gasteiger partial charge is 0.153 e. The Morgan fingerprint density at radius 3 is 1.67 bits per heavy atom. The first kappa shape index (κ1) is 22.5. The molecule has 0 saturated heterocycles. The summed E-state index contributed by atoms with van der Waals surface area (Å²) >= 11 is -1.20. The van der Waals surface area contributed by atoms with Gasteiger partial charge in [-0.15, -0.1) is 0 Å². The second-order valence-corrected chi connectivity index (χ2v) is 11.4. The van der Waals surface area contributed by atoms with Gasteiger partial charge in [-0.1, -0.05) is 96.1 Å². The Kier molecular flexibility index (Phi) is 6.35. The average Bonchev–Trinajstić information content (AvgIpc) is 2.67. The molecule has 3 aromatic rings. The Balaban J connectivity index is 1.90. The summed E-state index contributed by atoms with van der Waals surface area (Å²) in [4.78, 5) is 0.773. The van der Waals surface area contributed by atoms with E-state index >= 15 is 0 Å². The van der Waals surface area contributed by atoms with Gasteiger partial charge in [0.25, 0.3) is 0 Å². The lowest BCUT2D eigenvalue weighted by Gasteiger charge is -2.28. The molecule has 30 heavy (non-hydrogen) atoms. The maximum absolute atomic E-state index is 13.3. The summed E-state index contributed by atoms with van der Waals surface area (Å²) in [5.74, 6) is 0.774. The zero-order valence-electron chi connectivity index (χ0n) is 18.8. The molecule has 0 fully saturated rings. The van der Waals surface area contributed by atoms with Gasteiger partial charge in [0.1, 0.15) is 11.5 Å². The van der Waals surface area contributed by atoms with Crippen molar-refractivity contribution in [3.05, 3.63) is 83.4 Å². The Morgan fingerprint density at radius 1 is 0.733 bits per heavy atom. The summed E-state index contributed by atoms with van der Waals surface area (Å²) in [6.45, 7) is 12.4. The highest BCUT2D eigenvalue weighted by molar-refractivity contribution is 7.90. The predicted octanol–water partition coefficient (Wildman–Crippen LogP) is 6.96. The van der Waals surface area contributed by atoms with Crippen LogP contribution < -0.4 is 0 Å². The van der Waals surface area contributed by atoms with E-state index in [1.165, 1.54) is 5.56 Å². The van der Waals surface area contributed by atoms with Gasteiger partial charge >= 0.3 is 0 Å². The molecule has 3 rings (SSSR count). The van der Waals surface area contributed by atoms with Gasteiger partial charge in [0.05, 0.1) is 0 Å². The molecule has 3 aromatic carbocycles. The number of rotatable bonds is 4. The summed E-state index contributed by atoms with van der Waals surface area (Å²) in [6.07, 6.45) is 0. The first-order valence-electron chi connectivity index (χ1n) is 10.4. The summed E-state index contributed by atoms with van der Waals surface area (Å²) in [5, 5.41) is 10.9. The van der Waals surface area contributed by atoms with E-state index in [2.05, 4.69) is 77.9 Å². The van der Waals surface area contributed by atoms with Crippen molar-refractivity contribution < 1.29 is 9.66 Å². The maximum atomic E-state index is 13.3. The van der Waals surface area contributed by atoms with E-state index in [0.29, 0.717) is 11.5 Å². The highest BCUT2D eigenvalue weighted by Gasteiger charge is 2.29. The SMILES string of the molecule is CC(C)(C)c1cc([S+]([O-])Cc2ccc(-c3ccccc3)cc2)cc(C(C)(C)C)c1O. The highest BCUT2D eigenvalue weighted by atomic mass is 32.2. The molecular weight excluding hydrogens is 388 g/mol. The minimum absolute atomic E-state index is 0.234. The van der Waals surface area contributed by atoms with E-state index in [4.69, 9.17) is 0 Å². The molecule has 1 unspecified atom stereocenters. The summed E-state index contributed by atoms with van der Waals surface area (Å²) < 4.78 is 13.3. The third kappa shape index (κ3) is 5.08. The van der Waals surface area contributed by atoms with Crippen LogP contribution >= 0.6 is 0 Å². The van der Waals surface area contributed by atoms with Crippen molar-refractivity contribution in [3.63, 3.8) is 0 Å². The minimum Gasteiger partial charge on any atom is -0.611 e. The molecule has 3 heteroatoms. The number of aromatic hydroxyl groups is 1. The van der Waals surface area contributed by atoms with E-state index in [0.717, 1.165) is 27.1 Å². The van der Waals surface area contributed by atoms with E-state index < -0.39 is 11.2 Å². The third-order valence-electron chi connectivity index (χ3n) is 5.32. The fourth-order valence-electron chi connectivity index (χ4n) is 3.54. The quantitative estimate of drug-likeness (QED) is 0.464. The van der Waals surface area contributed by atoms with Crippen molar-refractivity contribution in [2.75, 3.05) is 0 Å². The van der Waals surface area contributed by atoms with Crippen LogP contribution in [0.4, 0.5) is 0 Å². The second kappa shape index (κ2) is 8.49. The number of benzene rings is 3. The predicted molar refractivity (Wildman–Crippen MR) is 127 cm³/mol. The van der Waals surface area contributed by atoms with E-state index in [9.17, 15) is 9.66 Å². The molecule has 0 spiro atoms. The van der Waals surface area contributed by atoms with Crippen LogP contribution in [-0.4, -0.2) is 9.66 Å². The van der Waals surface area contributed by atoms with Crippen molar-refractivity contribution in [2.24, 2.45) is 0 Å². The van der Waals surface area contributed by atoms with Crippen LogP contribution in [-0.2, 0) is 27.8 Å². The van der Waals surface area contributed by atoms with Crippen LogP contribution in [0.15, 0.2) is 71.6 Å². The molecule has 0 amide bonds. The van der Waals surface area contributed by atoms with Crippen molar-refractivity contribution in [3.8, 4) is 16.9 Å². The van der Waals surface area contributed by atoms with Gasteiger partial charge in [-0.05, 0) is 33.1 Å². The van der Waals surface area contributed by atoms with Crippen LogP contribution in [0.3, 0.4) is 0 Å². The summed E-state index contributed by atoms with van der Waals surface area (Å²) in [6, 6.07) is 22.4. The second-order valence-electron chi connectivity index (χ2n) is 9.92. The largest absolute Gasteiger partial charge is 0.611 e. The molecule has 158 valence electrons. The number of phenols is 1. The first-order chi connectivity index (χ1) is 14.0. The molecule has 0 radical (unpaired) electrons. The molecule has 0 heterocycles. The van der Waals surface area contributed by atoms with Crippen LogP contribution in [0.5, 0.6) is 5.75 Å².